The van der Waals surface area contributed by atoms with E-state index >= 15 is 0 Å². The van der Waals surface area contributed by atoms with Gasteiger partial charge in [0.25, 0.3) is 0 Å². The molecule has 0 spiro atoms. The molecule has 5 nitrogen and oxygen atoms in total. The van der Waals surface area contributed by atoms with Gasteiger partial charge in [-0.3, -0.25) is 9.58 Å². The smallest absolute Gasteiger partial charge is 0.123 e. The Hall–Kier alpha value is -1.24. The molecule has 1 aliphatic heterocycles. The van der Waals surface area contributed by atoms with E-state index in [0.717, 1.165) is 36.9 Å². The number of aryl methyl sites for hydroxylation is 1. The highest BCUT2D eigenvalue weighted by molar-refractivity contribution is 7.09. The summed E-state index contributed by atoms with van der Waals surface area (Å²) >= 11 is 1.69. The summed E-state index contributed by atoms with van der Waals surface area (Å²) in [5.41, 5.74) is 2.36. The van der Waals surface area contributed by atoms with Gasteiger partial charge in [0.15, 0.2) is 0 Å². The Morgan fingerprint density at radius 1 is 1.41 bits per heavy atom. The summed E-state index contributed by atoms with van der Waals surface area (Å²) in [6.07, 6.45) is 4.23. The van der Waals surface area contributed by atoms with Gasteiger partial charge in [-0.25, -0.2) is 4.98 Å². The highest BCUT2D eigenvalue weighted by Crippen LogP contribution is 2.26. The van der Waals surface area contributed by atoms with Crippen molar-refractivity contribution < 1.29 is 4.74 Å². The minimum Gasteiger partial charge on any atom is -0.368 e. The van der Waals surface area contributed by atoms with Crippen LogP contribution in [0.2, 0.25) is 0 Å². The molecule has 3 rings (SSSR count). The van der Waals surface area contributed by atoms with Gasteiger partial charge in [0, 0.05) is 42.5 Å². The van der Waals surface area contributed by atoms with E-state index in [0.29, 0.717) is 0 Å². The minimum atomic E-state index is 0.0320. The highest BCUT2D eigenvalue weighted by Gasteiger charge is 2.25. The van der Waals surface area contributed by atoms with Crippen LogP contribution in [0, 0.1) is 6.92 Å². The molecule has 1 atom stereocenters. The lowest BCUT2D eigenvalue weighted by Gasteiger charge is -2.31. The first-order chi connectivity index (χ1) is 10.4. The van der Waals surface area contributed by atoms with Crippen molar-refractivity contribution in [2.24, 2.45) is 0 Å². The first-order valence-electron chi connectivity index (χ1n) is 7.72. The van der Waals surface area contributed by atoms with Gasteiger partial charge >= 0.3 is 0 Å². The lowest BCUT2D eigenvalue weighted by Crippen LogP contribution is -2.37. The number of morpholine rings is 1. The van der Waals surface area contributed by atoms with Gasteiger partial charge in [0.2, 0.25) is 0 Å². The summed E-state index contributed by atoms with van der Waals surface area (Å²) < 4.78 is 7.92. The molecule has 3 heterocycles. The van der Waals surface area contributed by atoms with Crippen LogP contribution in [0.15, 0.2) is 17.8 Å². The predicted molar refractivity (Wildman–Crippen MR) is 88.0 cm³/mol. The third-order valence-electron chi connectivity index (χ3n) is 3.79. The molecule has 2 aromatic rings. The van der Waals surface area contributed by atoms with Crippen molar-refractivity contribution in [2.75, 3.05) is 19.7 Å². The summed E-state index contributed by atoms with van der Waals surface area (Å²) in [5.74, 6) is 0. The molecule has 0 amide bonds. The zero-order valence-electron chi connectivity index (χ0n) is 13.7. The van der Waals surface area contributed by atoms with Crippen LogP contribution in [0.5, 0.6) is 0 Å². The van der Waals surface area contributed by atoms with Crippen LogP contribution in [0.1, 0.15) is 43.1 Å². The standard InChI is InChI=1S/C16H24N4OS/c1-12-11-22-15(18-12)14-10-19(5-6-21-14)8-13-7-17-20(9-13)16(2,3)4/h7,9,11,14H,5-6,8,10H2,1-4H3. The molecule has 0 radical (unpaired) electrons. The van der Waals surface area contributed by atoms with Crippen LogP contribution in [0.4, 0.5) is 0 Å². The molecular formula is C16H24N4OS. The average molecular weight is 320 g/mol. The fourth-order valence-electron chi connectivity index (χ4n) is 2.58. The lowest BCUT2D eigenvalue weighted by molar-refractivity contribution is -0.0330. The van der Waals surface area contributed by atoms with E-state index in [1.165, 1.54) is 5.56 Å². The van der Waals surface area contributed by atoms with E-state index in [2.05, 4.69) is 47.3 Å². The Kier molecular flexibility index (Phi) is 4.34. The Bertz CT molecular complexity index is 628. The molecule has 2 aromatic heterocycles. The first-order valence-corrected chi connectivity index (χ1v) is 8.60. The maximum atomic E-state index is 5.89. The highest BCUT2D eigenvalue weighted by atomic mass is 32.1. The van der Waals surface area contributed by atoms with Crippen LogP contribution in [-0.2, 0) is 16.8 Å². The zero-order chi connectivity index (χ0) is 15.7. The predicted octanol–water partition coefficient (Wildman–Crippen LogP) is 2.98. The Balaban J connectivity index is 1.64. The average Bonchev–Trinajstić information content (AvgIpc) is 3.08. The summed E-state index contributed by atoms with van der Waals surface area (Å²) in [6, 6.07) is 0. The van der Waals surface area contributed by atoms with Crippen molar-refractivity contribution in [3.8, 4) is 0 Å². The van der Waals surface area contributed by atoms with E-state index in [1.807, 2.05) is 17.8 Å². The number of hydrogen-bond donors (Lipinski definition) is 0. The van der Waals surface area contributed by atoms with Gasteiger partial charge in [-0.15, -0.1) is 11.3 Å². The van der Waals surface area contributed by atoms with Gasteiger partial charge in [-0.1, -0.05) is 0 Å². The number of nitrogens with zero attached hydrogens (tertiary/aromatic N) is 4. The molecule has 1 saturated heterocycles. The summed E-state index contributed by atoms with van der Waals surface area (Å²) in [5, 5.41) is 7.66. The maximum absolute atomic E-state index is 5.89. The van der Waals surface area contributed by atoms with E-state index in [9.17, 15) is 0 Å². The van der Waals surface area contributed by atoms with Crippen LogP contribution in [-0.4, -0.2) is 39.4 Å². The van der Waals surface area contributed by atoms with Crippen LogP contribution in [0.3, 0.4) is 0 Å². The normalized spacial score (nSPS) is 20.5. The van der Waals surface area contributed by atoms with Crippen molar-refractivity contribution >= 4 is 11.3 Å². The van der Waals surface area contributed by atoms with Gasteiger partial charge in [-0.2, -0.15) is 5.10 Å². The number of hydrogen-bond acceptors (Lipinski definition) is 5. The molecular weight excluding hydrogens is 296 g/mol. The quantitative estimate of drug-likeness (QED) is 0.872. The van der Waals surface area contributed by atoms with E-state index in [4.69, 9.17) is 4.74 Å². The molecule has 22 heavy (non-hydrogen) atoms. The summed E-state index contributed by atoms with van der Waals surface area (Å²) in [6.45, 7) is 12.1. The zero-order valence-corrected chi connectivity index (χ0v) is 14.6. The number of aromatic nitrogens is 3. The van der Waals surface area contributed by atoms with Crippen LogP contribution in [0.25, 0.3) is 0 Å². The number of rotatable bonds is 3. The first kappa shape index (κ1) is 15.6. The molecule has 1 fully saturated rings. The second-order valence-electron chi connectivity index (χ2n) is 6.89. The number of ether oxygens (including phenoxy) is 1. The lowest BCUT2D eigenvalue weighted by atomic mass is 10.1. The molecule has 1 aliphatic rings. The van der Waals surface area contributed by atoms with Gasteiger partial charge in [0.1, 0.15) is 11.1 Å². The molecule has 1 unspecified atom stereocenters. The SMILES string of the molecule is Cc1csc(C2CN(Cc3cnn(C(C)(C)C)c3)CCO2)n1. The fourth-order valence-corrected chi connectivity index (χ4v) is 3.42. The molecule has 0 bridgehead atoms. The monoisotopic (exact) mass is 320 g/mol. The van der Waals surface area contributed by atoms with Crippen molar-refractivity contribution in [3.05, 3.63) is 34.0 Å². The van der Waals surface area contributed by atoms with Crippen molar-refractivity contribution in [2.45, 2.75) is 45.9 Å². The third kappa shape index (κ3) is 3.56. The van der Waals surface area contributed by atoms with E-state index in [-0.39, 0.29) is 11.6 Å². The maximum Gasteiger partial charge on any atom is 0.123 e. The van der Waals surface area contributed by atoms with Gasteiger partial charge in [0.05, 0.1) is 18.3 Å². The Labute approximate surface area is 135 Å². The molecule has 120 valence electrons. The fraction of sp³-hybridized carbons (Fsp3) is 0.625. The minimum absolute atomic E-state index is 0.0320. The molecule has 0 aliphatic carbocycles. The van der Waals surface area contributed by atoms with E-state index in [1.54, 1.807) is 11.3 Å². The largest absolute Gasteiger partial charge is 0.368 e. The second-order valence-corrected chi connectivity index (χ2v) is 7.78. The summed E-state index contributed by atoms with van der Waals surface area (Å²) in [7, 11) is 0. The topological polar surface area (TPSA) is 43.2 Å². The van der Waals surface area contributed by atoms with Crippen LogP contribution < -0.4 is 0 Å². The second kappa shape index (κ2) is 6.10. The van der Waals surface area contributed by atoms with Crippen molar-refractivity contribution in [3.63, 3.8) is 0 Å². The molecule has 0 saturated carbocycles. The van der Waals surface area contributed by atoms with Crippen LogP contribution >= 0.6 is 11.3 Å². The van der Waals surface area contributed by atoms with Crippen molar-refractivity contribution in [1.29, 1.82) is 0 Å². The molecule has 6 heteroatoms. The number of thiazole rings is 1. The third-order valence-corrected chi connectivity index (χ3v) is 4.85. The van der Waals surface area contributed by atoms with Gasteiger partial charge < -0.3 is 4.74 Å². The van der Waals surface area contributed by atoms with Crippen molar-refractivity contribution in [1.82, 2.24) is 19.7 Å². The van der Waals surface area contributed by atoms with E-state index < -0.39 is 0 Å². The Morgan fingerprint density at radius 2 is 2.23 bits per heavy atom. The van der Waals surface area contributed by atoms with Gasteiger partial charge in [-0.05, 0) is 27.7 Å². The molecule has 0 aromatic carbocycles. The Morgan fingerprint density at radius 3 is 2.86 bits per heavy atom. The summed E-state index contributed by atoms with van der Waals surface area (Å²) in [4.78, 5) is 6.99. The molecule has 0 N–H and O–H groups in total.